The predicted molar refractivity (Wildman–Crippen MR) is 93.4 cm³/mol. The molecule has 24 heavy (non-hydrogen) atoms. The summed E-state index contributed by atoms with van der Waals surface area (Å²) in [6.45, 7) is 0. The summed E-state index contributed by atoms with van der Waals surface area (Å²) in [6, 6.07) is 6.21. The van der Waals surface area contributed by atoms with Crippen LogP contribution in [0.5, 0.6) is 5.75 Å². The highest BCUT2D eigenvalue weighted by atomic mass is 32.2. The van der Waals surface area contributed by atoms with Crippen LogP contribution in [0.4, 0.5) is 0 Å². The first-order valence-corrected chi connectivity index (χ1v) is 9.48. The highest BCUT2D eigenvalue weighted by Gasteiger charge is 2.45. The van der Waals surface area contributed by atoms with Crippen molar-refractivity contribution in [3.8, 4) is 5.75 Å². The number of rotatable bonds is 4. The number of ether oxygens (including phenoxy) is 1. The van der Waals surface area contributed by atoms with Gasteiger partial charge in [0.15, 0.2) is 0 Å². The van der Waals surface area contributed by atoms with E-state index in [4.69, 9.17) is 4.74 Å². The summed E-state index contributed by atoms with van der Waals surface area (Å²) in [5.41, 5.74) is 0.490. The van der Waals surface area contributed by atoms with Gasteiger partial charge in [-0.05, 0) is 37.0 Å². The number of benzene rings is 1. The highest BCUT2D eigenvalue weighted by Crippen LogP contribution is 2.41. The summed E-state index contributed by atoms with van der Waals surface area (Å²) in [7, 11) is 1.56. The van der Waals surface area contributed by atoms with E-state index in [1.807, 2.05) is 0 Å². The third-order valence-electron chi connectivity index (χ3n) is 4.92. The van der Waals surface area contributed by atoms with E-state index in [1.165, 1.54) is 19.3 Å². The lowest BCUT2D eigenvalue weighted by Crippen LogP contribution is -2.48. The molecule has 6 heteroatoms. The quantitative estimate of drug-likeness (QED) is 0.904. The molecule has 1 saturated heterocycles. The van der Waals surface area contributed by atoms with Crippen molar-refractivity contribution in [3.63, 3.8) is 0 Å². The van der Waals surface area contributed by atoms with Crippen LogP contribution in [-0.4, -0.2) is 46.2 Å². The lowest BCUT2D eigenvalue weighted by Gasteiger charge is -2.34. The molecule has 0 unspecified atom stereocenters. The second-order valence-electron chi connectivity index (χ2n) is 6.42. The Labute approximate surface area is 146 Å². The van der Waals surface area contributed by atoms with Gasteiger partial charge in [-0.25, -0.2) is 4.79 Å². The number of carboxylic acids is 1. The molecule has 1 aliphatic carbocycles. The van der Waals surface area contributed by atoms with Crippen LogP contribution in [0.2, 0.25) is 0 Å². The van der Waals surface area contributed by atoms with Crippen molar-refractivity contribution in [2.24, 2.45) is 5.92 Å². The van der Waals surface area contributed by atoms with Gasteiger partial charge in [0.2, 0.25) is 0 Å². The zero-order valence-corrected chi connectivity index (χ0v) is 14.6. The van der Waals surface area contributed by atoms with Crippen LogP contribution < -0.4 is 4.74 Å². The molecular weight excluding hydrogens is 326 g/mol. The summed E-state index contributed by atoms with van der Waals surface area (Å²) in [4.78, 5) is 26.4. The maximum Gasteiger partial charge on any atom is 0.327 e. The molecule has 130 valence electrons. The number of carbonyl (C=O) groups excluding carboxylic acids is 1. The number of methoxy groups -OCH3 is 1. The van der Waals surface area contributed by atoms with Crippen LogP contribution in [0, 0.1) is 5.92 Å². The van der Waals surface area contributed by atoms with Gasteiger partial charge in [0.05, 0.1) is 12.5 Å². The molecule has 1 aromatic carbocycles. The Bertz CT molecular complexity index is 615. The molecule has 1 N–H and O–H groups in total. The van der Waals surface area contributed by atoms with Gasteiger partial charge in [-0.1, -0.05) is 25.3 Å². The average Bonchev–Trinajstić information content (AvgIpc) is 3.07. The minimum Gasteiger partial charge on any atom is -0.497 e. The number of carboxylic acid groups (broad SMARTS) is 1. The molecule has 5 nitrogen and oxygen atoms in total. The second-order valence-corrected chi connectivity index (χ2v) is 7.57. The Hall–Kier alpha value is -1.69. The van der Waals surface area contributed by atoms with Crippen molar-refractivity contribution in [1.29, 1.82) is 0 Å². The largest absolute Gasteiger partial charge is 0.497 e. The van der Waals surface area contributed by atoms with Crippen LogP contribution in [0.3, 0.4) is 0 Å². The Balaban J connectivity index is 1.88. The van der Waals surface area contributed by atoms with Gasteiger partial charge < -0.3 is 14.7 Å². The number of thioether (sulfide) groups is 1. The Morgan fingerprint density at radius 3 is 2.67 bits per heavy atom. The van der Waals surface area contributed by atoms with Gasteiger partial charge >= 0.3 is 5.97 Å². The Morgan fingerprint density at radius 1 is 1.25 bits per heavy atom. The molecule has 2 fully saturated rings. The van der Waals surface area contributed by atoms with E-state index >= 15 is 0 Å². The monoisotopic (exact) mass is 349 g/mol. The maximum absolute atomic E-state index is 13.1. The number of carbonyl (C=O) groups is 2. The average molecular weight is 349 g/mol. The normalized spacial score (nSPS) is 24.8. The third-order valence-corrected chi connectivity index (χ3v) is 6.39. The maximum atomic E-state index is 13.1. The Morgan fingerprint density at radius 2 is 2.00 bits per heavy atom. The van der Waals surface area contributed by atoms with Gasteiger partial charge in [-0.15, -0.1) is 11.8 Å². The fourth-order valence-electron chi connectivity index (χ4n) is 3.66. The summed E-state index contributed by atoms with van der Waals surface area (Å²) >= 11 is 1.62. The summed E-state index contributed by atoms with van der Waals surface area (Å²) < 4.78 is 5.19. The lowest BCUT2D eigenvalue weighted by atomic mass is 9.88. The van der Waals surface area contributed by atoms with Crippen molar-refractivity contribution in [2.75, 3.05) is 12.9 Å². The fraction of sp³-hybridized carbons (Fsp3) is 0.556. The van der Waals surface area contributed by atoms with Gasteiger partial charge in [0.1, 0.15) is 11.8 Å². The lowest BCUT2D eigenvalue weighted by molar-refractivity contribution is -0.141. The van der Waals surface area contributed by atoms with Crippen LogP contribution in [-0.2, 0) is 4.79 Å². The third kappa shape index (κ3) is 3.38. The second kappa shape index (κ2) is 7.47. The minimum absolute atomic E-state index is 0.0369. The molecule has 1 aromatic rings. The number of nitrogens with zero attached hydrogens (tertiary/aromatic N) is 1. The summed E-state index contributed by atoms with van der Waals surface area (Å²) in [6.07, 6.45) is 5.72. The first-order chi connectivity index (χ1) is 11.6. The molecule has 1 heterocycles. The zero-order valence-electron chi connectivity index (χ0n) is 13.8. The SMILES string of the molecule is COc1cccc(C(=O)N2[C@@H](C3CCCCC3)SC[C@H]2C(=O)O)c1. The summed E-state index contributed by atoms with van der Waals surface area (Å²) in [5.74, 6) is 0.335. The minimum atomic E-state index is -0.919. The van der Waals surface area contributed by atoms with Crippen LogP contribution in [0.1, 0.15) is 42.5 Å². The molecule has 0 radical (unpaired) electrons. The van der Waals surface area contributed by atoms with Crippen molar-refractivity contribution in [2.45, 2.75) is 43.5 Å². The van der Waals surface area contributed by atoms with E-state index in [0.29, 0.717) is 23.0 Å². The number of hydrogen-bond donors (Lipinski definition) is 1. The van der Waals surface area contributed by atoms with E-state index in [1.54, 1.807) is 48.0 Å². The molecule has 0 bridgehead atoms. The van der Waals surface area contributed by atoms with E-state index in [-0.39, 0.29) is 11.3 Å². The van der Waals surface area contributed by atoms with E-state index in [0.717, 1.165) is 12.8 Å². The zero-order chi connectivity index (χ0) is 17.1. The molecule has 1 amide bonds. The van der Waals surface area contributed by atoms with Crippen LogP contribution in [0.25, 0.3) is 0 Å². The first kappa shape index (κ1) is 17.1. The predicted octanol–water partition coefficient (Wildman–Crippen LogP) is 3.24. The molecular formula is C18H23NO4S. The molecule has 0 spiro atoms. The summed E-state index contributed by atoms with van der Waals surface area (Å²) in [5, 5.41) is 9.53. The van der Waals surface area contributed by atoms with Gasteiger partial charge in [-0.2, -0.15) is 0 Å². The van der Waals surface area contributed by atoms with Gasteiger partial charge in [-0.3, -0.25) is 4.79 Å². The number of hydrogen-bond acceptors (Lipinski definition) is 4. The first-order valence-electron chi connectivity index (χ1n) is 8.43. The number of amides is 1. The van der Waals surface area contributed by atoms with Gasteiger partial charge in [0, 0.05) is 11.3 Å². The van der Waals surface area contributed by atoms with Gasteiger partial charge in [0.25, 0.3) is 5.91 Å². The van der Waals surface area contributed by atoms with Crippen molar-refractivity contribution in [3.05, 3.63) is 29.8 Å². The van der Waals surface area contributed by atoms with E-state index < -0.39 is 12.0 Å². The van der Waals surface area contributed by atoms with E-state index in [9.17, 15) is 14.7 Å². The molecule has 2 atom stereocenters. The van der Waals surface area contributed by atoms with Crippen molar-refractivity contribution >= 4 is 23.6 Å². The molecule has 2 aliphatic rings. The standard InChI is InChI=1S/C18H23NO4S/c1-23-14-9-5-8-13(10-14)16(20)19-15(18(21)22)11-24-17(19)12-6-3-2-4-7-12/h5,8-10,12,15,17H,2-4,6-7,11H2,1H3,(H,21,22)/t15-,17+/m0/s1. The molecule has 1 saturated carbocycles. The number of aliphatic carboxylic acids is 1. The molecule has 0 aromatic heterocycles. The van der Waals surface area contributed by atoms with Crippen LogP contribution >= 0.6 is 11.8 Å². The van der Waals surface area contributed by atoms with E-state index in [2.05, 4.69) is 0 Å². The fourth-order valence-corrected chi connectivity index (χ4v) is 5.29. The molecule has 3 rings (SSSR count). The van der Waals surface area contributed by atoms with Crippen molar-refractivity contribution < 1.29 is 19.4 Å². The highest BCUT2D eigenvalue weighted by molar-refractivity contribution is 8.00. The van der Waals surface area contributed by atoms with Crippen LogP contribution in [0.15, 0.2) is 24.3 Å². The smallest absolute Gasteiger partial charge is 0.327 e. The Kier molecular flexibility index (Phi) is 5.33. The molecule has 1 aliphatic heterocycles. The van der Waals surface area contributed by atoms with Crippen molar-refractivity contribution in [1.82, 2.24) is 4.90 Å². The topological polar surface area (TPSA) is 66.8 Å².